The summed E-state index contributed by atoms with van der Waals surface area (Å²) in [6.07, 6.45) is 5.28. The predicted octanol–water partition coefficient (Wildman–Crippen LogP) is 4.23. The third kappa shape index (κ3) is 2.72. The first kappa shape index (κ1) is 15.9. The summed E-state index contributed by atoms with van der Waals surface area (Å²) in [6.45, 7) is 7.78. The first-order valence-corrected chi connectivity index (χ1v) is 6.50. The lowest BCUT2D eigenvalue weighted by Crippen LogP contribution is -2.03. The number of nitrogens with two attached hydrogens (primary N) is 1. The van der Waals surface area contributed by atoms with Crippen LogP contribution in [-0.2, 0) is 0 Å². The van der Waals surface area contributed by atoms with Crippen LogP contribution in [0.1, 0.15) is 44.9 Å². The first-order chi connectivity index (χ1) is 9.45. The van der Waals surface area contributed by atoms with Gasteiger partial charge >= 0.3 is 0 Å². The number of halogens is 2. The molecular formula is C16H18F2N2. The van der Waals surface area contributed by atoms with E-state index in [-0.39, 0.29) is 17.3 Å². The summed E-state index contributed by atoms with van der Waals surface area (Å²) in [7, 11) is 0. The molecule has 1 heterocycles. The van der Waals surface area contributed by atoms with Crippen molar-refractivity contribution in [2.24, 2.45) is 0 Å². The van der Waals surface area contributed by atoms with Crippen molar-refractivity contribution >= 4 is 16.6 Å². The van der Waals surface area contributed by atoms with Crippen molar-refractivity contribution in [3.8, 4) is 12.3 Å². The number of hydrogen-bond acceptors (Lipinski definition) is 2. The van der Waals surface area contributed by atoms with E-state index in [0.717, 1.165) is 6.07 Å². The monoisotopic (exact) mass is 276 g/mol. The van der Waals surface area contributed by atoms with Crippen molar-refractivity contribution in [2.75, 3.05) is 5.73 Å². The summed E-state index contributed by atoms with van der Waals surface area (Å²) in [6, 6.07) is 2.58. The highest BCUT2D eigenvalue weighted by atomic mass is 19.2. The maximum absolute atomic E-state index is 13.7. The van der Waals surface area contributed by atoms with E-state index in [0.29, 0.717) is 16.5 Å². The minimum Gasteiger partial charge on any atom is -0.384 e. The second-order valence-corrected chi connectivity index (χ2v) is 4.38. The van der Waals surface area contributed by atoms with Gasteiger partial charge in [-0.05, 0) is 23.4 Å². The summed E-state index contributed by atoms with van der Waals surface area (Å²) in [4.78, 5) is 4.17. The molecule has 0 aliphatic heterocycles. The number of terminal acetylenes is 1. The van der Waals surface area contributed by atoms with E-state index in [1.54, 1.807) is 0 Å². The quantitative estimate of drug-likeness (QED) is 0.792. The highest BCUT2D eigenvalue weighted by molar-refractivity contribution is 5.92. The van der Waals surface area contributed by atoms with E-state index in [9.17, 15) is 8.78 Å². The molecule has 1 aromatic heterocycles. The summed E-state index contributed by atoms with van der Waals surface area (Å²) in [5.41, 5.74) is 6.15. The molecule has 0 spiro atoms. The SMILES string of the molecule is C#Cc1c(F)c(F)cc2cc(N)nc(C(C)C)c12.CC. The second kappa shape index (κ2) is 6.33. The summed E-state index contributed by atoms with van der Waals surface area (Å²) < 4.78 is 27.1. The molecule has 0 amide bonds. The molecule has 2 N–H and O–H groups in total. The van der Waals surface area contributed by atoms with Gasteiger partial charge in [-0.25, -0.2) is 13.8 Å². The Morgan fingerprint density at radius 3 is 2.35 bits per heavy atom. The molecule has 0 radical (unpaired) electrons. The lowest BCUT2D eigenvalue weighted by atomic mass is 9.97. The highest BCUT2D eigenvalue weighted by Gasteiger charge is 2.18. The van der Waals surface area contributed by atoms with Crippen molar-refractivity contribution in [3.05, 3.63) is 35.0 Å². The molecule has 0 aliphatic carbocycles. The molecule has 106 valence electrons. The Kier molecular flexibility index (Phi) is 5.04. The van der Waals surface area contributed by atoms with Gasteiger partial charge in [-0.2, -0.15) is 0 Å². The average Bonchev–Trinajstić information content (AvgIpc) is 2.42. The lowest BCUT2D eigenvalue weighted by molar-refractivity contribution is 0.509. The van der Waals surface area contributed by atoms with Gasteiger partial charge in [-0.15, -0.1) is 6.42 Å². The van der Waals surface area contributed by atoms with Crippen LogP contribution in [0.4, 0.5) is 14.6 Å². The molecule has 0 bridgehead atoms. The number of aromatic nitrogens is 1. The van der Waals surface area contributed by atoms with E-state index in [1.807, 2.05) is 27.7 Å². The van der Waals surface area contributed by atoms with E-state index in [2.05, 4.69) is 10.9 Å². The number of anilines is 1. The van der Waals surface area contributed by atoms with Gasteiger partial charge < -0.3 is 5.73 Å². The fraction of sp³-hybridized carbons (Fsp3) is 0.312. The maximum Gasteiger partial charge on any atom is 0.175 e. The Morgan fingerprint density at radius 1 is 1.25 bits per heavy atom. The standard InChI is InChI=1S/C14H12F2N2.C2H6/c1-4-9-12-8(5-10(15)13(9)16)6-11(17)18-14(12)7(2)3;1-2/h1,5-7H,2-3H3,(H2,17,18);1-2H3. The van der Waals surface area contributed by atoms with Crippen LogP contribution >= 0.6 is 0 Å². The van der Waals surface area contributed by atoms with Crippen LogP contribution in [-0.4, -0.2) is 4.98 Å². The van der Waals surface area contributed by atoms with Gasteiger partial charge in [0.2, 0.25) is 0 Å². The van der Waals surface area contributed by atoms with Gasteiger partial charge in [0.05, 0.1) is 11.3 Å². The first-order valence-electron chi connectivity index (χ1n) is 6.50. The van der Waals surface area contributed by atoms with Gasteiger partial charge in [0, 0.05) is 5.39 Å². The number of rotatable bonds is 1. The van der Waals surface area contributed by atoms with Gasteiger partial charge in [0.15, 0.2) is 11.6 Å². The number of pyridine rings is 1. The van der Waals surface area contributed by atoms with E-state index in [1.165, 1.54) is 6.07 Å². The van der Waals surface area contributed by atoms with E-state index in [4.69, 9.17) is 12.2 Å². The molecule has 0 atom stereocenters. The Labute approximate surface area is 118 Å². The third-order valence-corrected chi connectivity index (χ3v) is 2.75. The van der Waals surface area contributed by atoms with Crippen LogP contribution < -0.4 is 5.73 Å². The fourth-order valence-electron chi connectivity index (χ4n) is 1.98. The molecule has 2 rings (SSSR count). The molecule has 0 saturated carbocycles. The Balaban J connectivity index is 0.000000956. The Hall–Kier alpha value is -2.15. The topological polar surface area (TPSA) is 38.9 Å². The largest absolute Gasteiger partial charge is 0.384 e. The van der Waals surface area contributed by atoms with Crippen LogP contribution in [0, 0.1) is 24.0 Å². The smallest absolute Gasteiger partial charge is 0.175 e. The summed E-state index contributed by atoms with van der Waals surface area (Å²) in [5, 5.41) is 0.929. The number of benzene rings is 1. The minimum atomic E-state index is -1.02. The van der Waals surface area contributed by atoms with Gasteiger partial charge in [0.25, 0.3) is 0 Å². The molecule has 4 heteroatoms. The van der Waals surface area contributed by atoms with E-state index >= 15 is 0 Å². The van der Waals surface area contributed by atoms with Gasteiger partial charge in [-0.1, -0.05) is 33.6 Å². The van der Waals surface area contributed by atoms with Gasteiger partial charge in [0.1, 0.15) is 5.82 Å². The fourth-order valence-corrected chi connectivity index (χ4v) is 1.98. The highest BCUT2D eigenvalue weighted by Crippen LogP contribution is 2.31. The van der Waals surface area contributed by atoms with Gasteiger partial charge in [-0.3, -0.25) is 0 Å². The van der Waals surface area contributed by atoms with Crippen molar-refractivity contribution in [1.82, 2.24) is 4.98 Å². The Bertz CT molecular complexity index is 670. The molecule has 0 aliphatic rings. The van der Waals surface area contributed by atoms with Crippen molar-refractivity contribution < 1.29 is 8.78 Å². The third-order valence-electron chi connectivity index (χ3n) is 2.75. The molecule has 2 nitrogen and oxygen atoms in total. The van der Waals surface area contributed by atoms with Crippen LogP contribution in [0.15, 0.2) is 12.1 Å². The minimum absolute atomic E-state index is 0.00737. The normalized spacial score (nSPS) is 10.1. The summed E-state index contributed by atoms with van der Waals surface area (Å²) in [5.74, 6) is 0.478. The zero-order valence-corrected chi connectivity index (χ0v) is 12.1. The zero-order valence-electron chi connectivity index (χ0n) is 12.1. The predicted molar refractivity (Wildman–Crippen MR) is 79.4 cm³/mol. The van der Waals surface area contributed by atoms with Crippen molar-refractivity contribution in [3.63, 3.8) is 0 Å². The van der Waals surface area contributed by atoms with Crippen LogP contribution in [0.3, 0.4) is 0 Å². The molecule has 0 unspecified atom stereocenters. The van der Waals surface area contributed by atoms with Crippen molar-refractivity contribution in [2.45, 2.75) is 33.6 Å². The molecule has 0 fully saturated rings. The number of nitrogens with zero attached hydrogens (tertiary/aromatic N) is 1. The number of nitrogen functional groups attached to an aromatic ring is 1. The average molecular weight is 276 g/mol. The second-order valence-electron chi connectivity index (χ2n) is 4.38. The van der Waals surface area contributed by atoms with Crippen molar-refractivity contribution in [1.29, 1.82) is 0 Å². The van der Waals surface area contributed by atoms with Crippen LogP contribution in [0.5, 0.6) is 0 Å². The number of hydrogen-bond donors (Lipinski definition) is 1. The summed E-state index contributed by atoms with van der Waals surface area (Å²) >= 11 is 0. The van der Waals surface area contributed by atoms with E-state index < -0.39 is 11.6 Å². The van der Waals surface area contributed by atoms with Crippen LogP contribution in [0.25, 0.3) is 10.8 Å². The Morgan fingerprint density at radius 2 is 1.85 bits per heavy atom. The maximum atomic E-state index is 13.7. The number of fused-ring (bicyclic) bond motifs is 1. The zero-order chi connectivity index (χ0) is 15.4. The molecule has 1 aromatic carbocycles. The molecule has 20 heavy (non-hydrogen) atoms. The molecular weight excluding hydrogens is 258 g/mol. The molecule has 2 aromatic rings. The van der Waals surface area contributed by atoms with Crippen LogP contribution in [0.2, 0.25) is 0 Å². The molecule has 0 saturated heterocycles. The lowest BCUT2D eigenvalue weighted by Gasteiger charge is -2.13.